The molecule has 2 fully saturated rings. The Kier molecular flexibility index (Phi) is 2.91. The maximum atomic E-state index is 11.9. The summed E-state index contributed by atoms with van der Waals surface area (Å²) in [6.45, 7) is 2.24. The monoisotopic (exact) mass is 279 g/mol. The number of hydrogen-bond acceptors (Lipinski definition) is 4. The second-order valence-corrected chi connectivity index (χ2v) is 7.94. The maximum absolute atomic E-state index is 11.9. The Bertz CT molecular complexity index is 641. The number of nitriles is 1. The minimum absolute atomic E-state index is 0.161. The van der Waals surface area contributed by atoms with E-state index in [1.54, 1.807) is 0 Å². The molecule has 3 rings (SSSR count). The molecule has 0 amide bonds. The van der Waals surface area contributed by atoms with E-state index in [0.29, 0.717) is 23.9 Å². The zero-order valence-electron chi connectivity index (χ0n) is 10.9. The first-order chi connectivity index (χ1) is 8.99. The van der Waals surface area contributed by atoms with Crippen molar-refractivity contribution in [3.63, 3.8) is 0 Å². The molecule has 1 aromatic rings. The second-order valence-electron chi connectivity index (χ2n) is 5.60. The molecule has 3 heterocycles. The van der Waals surface area contributed by atoms with Crippen LogP contribution in [0.4, 0.5) is 0 Å². The Labute approximate surface area is 113 Å². The number of aromatic nitrogens is 1. The average Bonchev–Trinajstić information content (AvgIpc) is 2.97. The number of likely N-dealkylation sites (tertiary alicyclic amines) is 1. The first kappa shape index (κ1) is 12.7. The molecule has 0 aromatic carbocycles. The van der Waals surface area contributed by atoms with Crippen molar-refractivity contribution in [1.29, 1.82) is 5.26 Å². The summed E-state index contributed by atoms with van der Waals surface area (Å²) < 4.78 is 25.6. The van der Waals surface area contributed by atoms with Crippen molar-refractivity contribution in [2.24, 2.45) is 13.0 Å². The van der Waals surface area contributed by atoms with Gasteiger partial charge in [-0.3, -0.25) is 4.90 Å². The Morgan fingerprint density at radius 3 is 2.89 bits per heavy atom. The van der Waals surface area contributed by atoms with Crippen LogP contribution in [-0.2, 0) is 23.4 Å². The van der Waals surface area contributed by atoms with E-state index in [1.165, 1.54) is 0 Å². The Balaban J connectivity index is 1.71. The summed E-state index contributed by atoms with van der Waals surface area (Å²) in [6.07, 6.45) is 2.75. The van der Waals surface area contributed by atoms with Crippen LogP contribution in [0.25, 0.3) is 0 Å². The molecule has 19 heavy (non-hydrogen) atoms. The molecule has 2 aliphatic heterocycles. The van der Waals surface area contributed by atoms with Crippen LogP contribution in [0.1, 0.15) is 17.7 Å². The first-order valence-electron chi connectivity index (χ1n) is 6.49. The lowest BCUT2D eigenvalue weighted by Gasteiger charge is -2.15. The Morgan fingerprint density at radius 2 is 2.26 bits per heavy atom. The van der Waals surface area contributed by atoms with Crippen LogP contribution >= 0.6 is 0 Å². The molecule has 2 saturated heterocycles. The third-order valence-corrected chi connectivity index (χ3v) is 6.53. The minimum atomic E-state index is -2.86. The van der Waals surface area contributed by atoms with Gasteiger partial charge in [0.15, 0.2) is 9.84 Å². The molecule has 2 atom stereocenters. The van der Waals surface area contributed by atoms with E-state index >= 15 is 0 Å². The molecule has 5 nitrogen and oxygen atoms in total. The van der Waals surface area contributed by atoms with Crippen molar-refractivity contribution in [2.45, 2.75) is 18.2 Å². The van der Waals surface area contributed by atoms with Gasteiger partial charge in [0, 0.05) is 32.9 Å². The van der Waals surface area contributed by atoms with E-state index in [2.05, 4.69) is 11.0 Å². The van der Waals surface area contributed by atoms with E-state index in [1.807, 2.05) is 23.9 Å². The van der Waals surface area contributed by atoms with Crippen LogP contribution in [-0.4, -0.2) is 42.0 Å². The molecular weight excluding hydrogens is 262 g/mol. The molecule has 0 saturated carbocycles. The van der Waals surface area contributed by atoms with Crippen LogP contribution in [0.5, 0.6) is 0 Å². The molecule has 6 heteroatoms. The largest absolute Gasteiger partial charge is 0.342 e. The molecule has 0 radical (unpaired) electrons. The van der Waals surface area contributed by atoms with Gasteiger partial charge < -0.3 is 4.57 Å². The molecule has 1 aromatic heterocycles. The summed E-state index contributed by atoms with van der Waals surface area (Å²) in [5.74, 6) is 0.671. The van der Waals surface area contributed by atoms with Crippen LogP contribution < -0.4 is 0 Å². The molecule has 102 valence electrons. The van der Waals surface area contributed by atoms with Crippen molar-refractivity contribution in [3.8, 4) is 6.07 Å². The van der Waals surface area contributed by atoms with Gasteiger partial charge in [-0.15, -0.1) is 0 Å². The molecule has 2 aliphatic rings. The lowest BCUT2D eigenvalue weighted by Crippen LogP contribution is -2.26. The molecule has 0 bridgehead atoms. The van der Waals surface area contributed by atoms with Gasteiger partial charge in [0.05, 0.1) is 11.0 Å². The van der Waals surface area contributed by atoms with Crippen LogP contribution in [0.15, 0.2) is 12.3 Å². The maximum Gasteiger partial charge on any atom is 0.154 e. The topological polar surface area (TPSA) is 66.1 Å². The van der Waals surface area contributed by atoms with E-state index in [0.717, 1.165) is 25.1 Å². The molecular formula is C13H17N3O2S. The fraction of sp³-hybridized carbons (Fsp3) is 0.615. The van der Waals surface area contributed by atoms with Gasteiger partial charge in [0.25, 0.3) is 0 Å². The lowest BCUT2D eigenvalue weighted by atomic mass is 10.1. The van der Waals surface area contributed by atoms with Gasteiger partial charge in [0.2, 0.25) is 0 Å². The highest BCUT2D eigenvalue weighted by atomic mass is 32.2. The summed E-state index contributed by atoms with van der Waals surface area (Å²) >= 11 is 0. The summed E-state index contributed by atoms with van der Waals surface area (Å²) in [4.78, 5) is 2.20. The highest BCUT2D eigenvalue weighted by Crippen LogP contribution is 2.34. The quantitative estimate of drug-likeness (QED) is 0.791. The van der Waals surface area contributed by atoms with Crippen LogP contribution in [0, 0.1) is 17.2 Å². The zero-order chi connectivity index (χ0) is 13.6. The third kappa shape index (κ3) is 2.17. The summed E-state index contributed by atoms with van der Waals surface area (Å²) in [7, 11) is -1.00. The van der Waals surface area contributed by atoms with Gasteiger partial charge in [-0.05, 0) is 24.0 Å². The van der Waals surface area contributed by atoms with Gasteiger partial charge in [-0.1, -0.05) is 0 Å². The standard InChI is InChI=1S/C13H17N3O2S/c1-15-6-10(4-12(15)5-14)7-16-8-11-2-3-19(17,18)13(11)9-16/h4,6,11,13H,2-3,7-9H2,1H3/t11-,13+/m0/s1. The highest BCUT2D eigenvalue weighted by Gasteiger charge is 2.45. The Morgan fingerprint density at radius 1 is 1.47 bits per heavy atom. The van der Waals surface area contributed by atoms with Crippen molar-refractivity contribution in [2.75, 3.05) is 18.8 Å². The number of aryl methyl sites for hydroxylation is 1. The van der Waals surface area contributed by atoms with E-state index in [-0.39, 0.29) is 5.25 Å². The second kappa shape index (κ2) is 4.36. The van der Waals surface area contributed by atoms with E-state index < -0.39 is 9.84 Å². The van der Waals surface area contributed by atoms with Crippen LogP contribution in [0.3, 0.4) is 0 Å². The molecule has 0 spiro atoms. The van der Waals surface area contributed by atoms with Gasteiger partial charge in [0.1, 0.15) is 11.8 Å². The average molecular weight is 279 g/mol. The van der Waals surface area contributed by atoms with Crippen LogP contribution in [0.2, 0.25) is 0 Å². The summed E-state index contributed by atoms with van der Waals surface area (Å²) in [5.41, 5.74) is 1.72. The predicted molar refractivity (Wildman–Crippen MR) is 71.1 cm³/mol. The predicted octanol–water partition coefficient (Wildman–Crippen LogP) is 0.516. The zero-order valence-corrected chi connectivity index (χ0v) is 11.7. The highest BCUT2D eigenvalue weighted by molar-refractivity contribution is 7.92. The molecule has 0 unspecified atom stereocenters. The van der Waals surface area contributed by atoms with E-state index in [9.17, 15) is 8.42 Å². The van der Waals surface area contributed by atoms with Crippen molar-refractivity contribution in [3.05, 3.63) is 23.5 Å². The normalized spacial score (nSPS) is 29.3. The van der Waals surface area contributed by atoms with E-state index in [4.69, 9.17) is 5.26 Å². The number of nitrogens with zero attached hydrogens (tertiary/aromatic N) is 3. The fourth-order valence-corrected chi connectivity index (χ4v) is 5.48. The Hall–Kier alpha value is -1.32. The number of hydrogen-bond donors (Lipinski definition) is 0. The minimum Gasteiger partial charge on any atom is -0.342 e. The number of sulfone groups is 1. The van der Waals surface area contributed by atoms with Crippen molar-refractivity contribution < 1.29 is 8.42 Å². The van der Waals surface area contributed by atoms with Gasteiger partial charge >= 0.3 is 0 Å². The van der Waals surface area contributed by atoms with Gasteiger partial charge in [-0.25, -0.2) is 8.42 Å². The molecule has 0 aliphatic carbocycles. The van der Waals surface area contributed by atoms with Crippen molar-refractivity contribution in [1.82, 2.24) is 9.47 Å². The molecule has 0 N–H and O–H groups in total. The first-order valence-corrected chi connectivity index (χ1v) is 8.20. The SMILES string of the molecule is Cn1cc(CN2C[C@@H]3CCS(=O)(=O)[C@@H]3C2)cc1C#N. The lowest BCUT2D eigenvalue weighted by molar-refractivity contribution is 0.314. The number of fused-ring (bicyclic) bond motifs is 1. The summed E-state index contributed by atoms with van der Waals surface area (Å²) in [6, 6.07) is 4.02. The van der Waals surface area contributed by atoms with Gasteiger partial charge in [-0.2, -0.15) is 5.26 Å². The van der Waals surface area contributed by atoms with Crippen molar-refractivity contribution >= 4 is 9.84 Å². The summed E-state index contributed by atoms with van der Waals surface area (Å²) in [5, 5.41) is 8.77. The third-order valence-electron chi connectivity index (χ3n) is 4.27. The number of rotatable bonds is 2. The fourth-order valence-electron chi connectivity index (χ4n) is 3.30. The smallest absolute Gasteiger partial charge is 0.154 e.